The van der Waals surface area contributed by atoms with E-state index in [1.807, 2.05) is 0 Å². The van der Waals surface area contributed by atoms with Crippen LogP contribution in [0.15, 0.2) is 31.4 Å². The van der Waals surface area contributed by atoms with Crippen molar-refractivity contribution in [1.82, 2.24) is 4.90 Å². The molecule has 102 valence electrons. The molecule has 0 spiro atoms. The molecule has 2 rings (SSSR count). The van der Waals surface area contributed by atoms with Crippen LogP contribution in [0.5, 0.6) is 0 Å². The Bertz CT molecular complexity index is 478. The maximum atomic E-state index is 12.1. The topological polar surface area (TPSA) is 37.4 Å². The normalized spacial score (nSPS) is 14.6. The van der Waals surface area contributed by atoms with Crippen LogP contribution in [0.1, 0.15) is 23.2 Å². The second kappa shape index (κ2) is 7.31. The summed E-state index contributed by atoms with van der Waals surface area (Å²) in [5, 5.41) is 0.794. The summed E-state index contributed by atoms with van der Waals surface area (Å²) in [7, 11) is 0. The Morgan fingerprint density at radius 1 is 1.11 bits per heavy atom. The van der Waals surface area contributed by atoms with Crippen LogP contribution in [-0.2, 0) is 4.79 Å². The van der Waals surface area contributed by atoms with Gasteiger partial charge < -0.3 is 4.90 Å². The highest BCUT2D eigenvalue weighted by Crippen LogP contribution is 2.23. The summed E-state index contributed by atoms with van der Waals surface area (Å²) in [4.78, 5) is 24.8. The van der Waals surface area contributed by atoms with E-state index in [-0.39, 0.29) is 11.7 Å². The summed E-state index contributed by atoms with van der Waals surface area (Å²) in [6, 6.07) is 4.81. The van der Waals surface area contributed by atoms with Crippen molar-refractivity contribution >= 4 is 34.9 Å². The lowest BCUT2D eigenvalue weighted by atomic mass is 10.1. The van der Waals surface area contributed by atoms with Crippen LogP contribution in [0.25, 0.3) is 0 Å². The summed E-state index contributed by atoms with van der Waals surface area (Å²) in [5.74, 6) is 0.110. The third kappa shape index (κ3) is 4.08. The zero-order valence-corrected chi connectivity index (χ0v) is 12.0. The van der Waals surface area contributed by atoms with Gasteiger partial charge in [0, 0.05) is 31.5 Å². The highest BCUT2D eigenvalue weighted by Gasteiger charge is 2.22. The Hall–Kier alpha value is -1.32. The number of ketones is 1. The smallest absolute Gasteiger partial charge is 0.253 e. The van der Waals surface area contributed by atoms with Crippen molar-refractivity contribution in [2.24, 2.45) is 0 Å². The van der Waals surface area contributed by atoms with Gasteiger partial charge in [-0.15, -0.1) is 13.2 Å². The van der Waals surface area contributed by atoms with E-state index in [2.05, 4.69) is 13.2 Å². The van der Waals surface area contributed by atoms with E-state index in [9.17, 15) is 9.59 Å². The summed E-state index contributed by atoms with van der Waals surface area (Å²) in [6.45, 7) is 6.97. The van der Waals surface area contributed by atoms with E-state index < -0.39 is 0 Å². The molecule has 1 aliphatic heterocycles. The maximum Gasteiger partial charge on any atom is 0.253 e. The van der Waals surface area contributed by atoms with Gasteiger partial charge in [0.15, 0.2) is 0 Å². The minimum atomic E-state index is -0.101. The fraction of sp³-hybridized carbons (Fsp3) is 0.286. The highest BCUT2D eigenvalue weighted by atomic mass is 35.5. The van der Waals surface area contributed by atoms with E-state index in [1.165, 1.54) is 0 Å². The maximum absolute atomic E-state index is 12.1. The van der Waals surface area contributed by atoms with Gasteiger partial charge >= 0.3 is 0 Å². The number of hydrogen-bond donors (Lipinski definition) is 0. The van der Waals surface area contributed by atoms with Crippen molar-refractivity contribution in [3.63, 3.8) is 0 Å². The predicted octanol–water partition coefficient (Wildman–Crippen LogP) is 3.60. The molecule has 1 heterocycles. The Morgan fingerprint density at radius 2 is 1.68 bits per heavy atom. The van der Waals surface area contributed by atoms with Crippen molar-refractivity contribution < 1.29 is 9.59 Å². The second-order valence-electron chi connectivity index (χ2n) is 3.96. The number of carbonyl (C=O) groups excluding carboxylic acids is 2. The van der Waals surface area contributed by atoms with Crippen molar-refractivity contribution in [3.8, 4) is 0 Å². The molecule has 0 N–H and O–H groups in total. The lowest BCUT2D eigenvalue weighted by Gasteiger charge is -2.26. The third-order valence-electron chi connectivity index (χ3n) is 2.77. The molecule has 0 aliphatic carbocycles. The van der Waals surface area contributed by atoms with Gasteiger partial charge in [0.05, 0.1) is 10.0 Å². The van der Waals surface area contributed by atoms with Crippen LogP contribution in [0, 0.1) is 0 Å². The first-order chi connectivity index (χ1) is 9.08. The van der Waals surface area contributed by atoms with Crippen LogP contribution in [0.4, 0.5) is 0 Å². The van der Waals surface area contributed by atoms with Crippen LogP contribution in [0.3, 0.4) is 0 Å². The fourth-order valence-electron chi connectivity index (χ4n) is 1.77. The Morgan fingerprint density at radius 3 is 2.21 bits per heavy atom. The van der Waals surface area contributed by atoms with Gasteiger partial charge in [-0.3, -0.25) is 9.59 Å². The lowest BCUT2D eigenvalue weighted by molar-refractivity contribution is -0.120. The first kappa shape index (κ1) is 15.7. The standard InChI is InChI=1S/C12H11Cl2NO2.C2H4/c13-10-2-1-8(7-11(10)14)12(17)15-5-3-9(16)4-6-15;1-2/h1-2,7H,3-6H2;1-2H2. The molecule has 0 aromatic heterocycles. The van der Waals surface area contributed by atoms with Crippen molar-refractivity contribution in [3.05, 3.63) is 47.0 Å². The molecule has 1 fully saturated rings. The summed E-state index contributed by atoms with van der Waals surface area (Å²) >= 11 is 11.7. The summed E-state index contributed by atoms with van der Waals surface area (Å²) < 4.78 is 0. The van der Waals surface area contributed by atoms with Crippen LogP contribution in [0.2, 0.25) is 10.0 Å². The molecule has 0 radical (unpaired) electrons. The summed E-state index contributed by atoms with van der Waals surface area (Å²) in [6.07, 6.45) is 0.875. The number of hydrogen-bond acceptors (Lipinski definition) is 2. The molecule has 1 aromatic carbocycles. The number of nitrogens with zero attached hydrogens (tertiary/aromatic N) is 1. The van der Waals surface area contributed by atoms with E-state index >= 15 is 0 Å². The molecule has 0 atom stereocenters. The molecular formula is C14H15Cl2NO2. The first-order valence-electron chi connectivity index (χ1n) is 5.84. The van der Waals surface area contributed by atoms with Gasteiger partial charge in [-0.2, -0.15) is 0 Å². The monoisotopic (exact) mass is 299 g/mol. The van der Waals surface area contributed by atoms with Gasteiger partial charge in [-0.1, -0.05) is 23.2 Å². The molecule has 1 aliphatic rings. The molecule has 0 unspecified atom stereocenters. The molecular weight excluding hydrogens is 285 g/mol. The molecule has 1 saturated heterocycles. The predicted molar refractivity (Wildman–Crippen MR) is 77.9 cm³/mol. The van der Waals surface area contributed by atoms with Crippen LogP contribution >= 0.6 is 23.2 Å². The molecule has 1 aromatic rings. The number of amides is 1. The number of halogens is 2. The molecule has 0 bridgehead atoms. The van der Waals surface area contributed by atoms with Gasteiger partial charge in [0.1, 0.15) is 5.78 Å². The Kier molecular flexibility index (Phi) is 6.06. The molecule has 5 heteroatoms. The van der Waals surface area contributed by atoms with E-state index in [1.54, 1.807) is 23.1 Å². The van der Waals surface area contributed by atoms with Gasteiger partial charge in [0.2, 0.25) is 0 Å². The number of piperidine rings is 1. The Balaban J connectivity index is 0.000000861. The van der Waals surface area contributed by atoms with E-state index in [4.69, 9.17) is 23.2 Å². The Labute approximate surface area is 122 Å². The number of benzene rings is 1. The zero-order chi connectivity index (χ0) is 14.4. The van der Waals surface area contributed by atoms with Gasteiger partial charge in [-0.05, 0) is 18.2 Å². The van der Waals surface area contributed by atoms with Crippen molar-refractivity contribution in [2.45, 2.75) is 12.8 Å². The number of Topliss-reactive ketones (excluding diaryl/α,β-unsaturated/α-hetero) is 1. The van der Waals surface area contributed by atoms with Crippen LogP contribution in [-0.4, -0.2) is 29.7 Å². The SMILES string of the molecule is C=C.O=C1CCN(C(=O)c2ccc(Cl)c(Cl)c2)CC1. The largest absolute Gasteiger partial charge is 0.338 e. The first-order valence-corrected chi connectivity index (χ1v) is 6.59. The fourth-order valence-corrected chi connectivity index (χ4v) is 2.07. The summed E-state index contributed by atoms with van der Waals surface area (Å²) in [5.41, 5.74) is 0.508. The number of carbonyl (C=O) groups is 2. The van der Waals surface area contributed by atoms with Crippen molar-refractivity contribution in [1.29, 1.82) is 0 Å². The quantitative estimate of drug-likeness (QED) is 0.743. The molecule has 3 nitrogen and oxygen atoms in total. The highest BCUT2D eigenvalue weighted by molar-refractivity contribution is 6.42. The van der Waals surface area contributed by atoms with Crippen molar-refractivity contribution in [2.75, 3.05) is 13.1 Å². The van der Waals surface area contributed by atoms with Gasteiger partial charge in [0.25, 0.3) is 5.91 Å². The average molecular weight is 300 g/mol. The van der Waals surface area contributed by atoms with Gasteiger partial charge in [-0.25, -0.2) is 0 Å². The number of likely N-dealkylation sites (tertiary alicyclic amines) is 1. The molecule has 0 saturated carbocycles. The van der Waals surface area contributed by atoms with E-state index in [0.29, 0.717) is 41.5 Å². The van der Waals surface area contributed by atoms with E-state index in [0.717, 1.165) is 0 Å². The average Bonchev–Trinajstić information content (AvgIpc) is 2.44. The van der Waals surface area contributed by atoms with Crippen LogP contribution < -0.4 is 0 Å². The second-order valence-corrected chi connectivity index (χ2v) is 4.77. The third-order valence-corrected chi connectivity index (χ3v) is 3.51. The minimum Gasteiger partial charge on any atom is -0.338 e. The molecule has 1 amide bonds. The molecule has 19 heavy (non-hydrogen) atoms. The zero-order valence-electron chi connectivity index (χ0n) is 10.5. The number of rotatable bonds is 1. The lowest BCUT2D eigenvalue weighted by Crippen LogP contribution is -2.38. The minimum absolute atomic E-state index is 0.101.